The standard InChI is InChI=1S/C15H20FNO3/c1-3-12-9-20-10(2)7-17(12)8-11-4-5-13(15(18)19)14(16)6-11/h4-6,10,12H,3,7-9H2,1-2H3,(H,18,19). The molecule has 2 atom stereocenters. The molecule has 0 amide bonds. The normalized spacial score (nSPS) is 23.8. The number of nitrogens with zero attached hydrogens (tertiary/aromatic N) is 1. The number of hydrogen-bond acceptors (Lipinski definition) is 3. The van der Waals surface area contributed by atoms with Crippen molar-refractivity contribution in [2.45, 2.75) is 39.0 Å². The molecule has 0 aliphatic carbocycles. The zero-order chi connectivity index (χ0) is 14.7. The number of hydrogen-bond donors (Lipinski definition) is 1. The van der Waals surface area contributed by atoms with E-state index in [1.54, 1.807) is 6.07 Å². The van der Waals surface area contributed by atoms with Gasteiger partial charge >= 0.3 is 5.97 Å². The molecule has 0 spiro atoms. The average molecular weight is 281 g/mol. The van der Waals surface area contributed by atoms with Gasteiger partial charge in [-0.05, 0) is 31.0 Å². The van der Waals surface area contributed by atoms with E-state index in [0.29, 0.717) is 19.2 Å². The van der Waals surface area contributed by atoms with E-state index in [1.165, 1.54) is 12.1 Å². The summed E-state index contributed by atoms with van der Waals surface area (Å²) in [5.74, 6) is -1.91. The van der Waals surface area contributed by atoms with Crippen LogP contribution in [0.4, 0.5) is 4.39 Å². The van der Waals surface area contributed by atoms with Gasteiger partial charge in [0, 0.05) is 19.1 Å². The third-order valence-corrected chi connectivity index (χ3v) is 3.70. The van der Waals surface area contributed by atoms with Crippen LogP contribution in [0, 0.1) is 5.82 Å². The van der Waals surface area contributed by atoms with Gasteiger partial charge in [0.2, 0.25) is 0 Å². The molecule has 1 N–H and O–H groups in total. The molecule has 1 heterocycles. The number of benzene rings is 1. The zero-order valence-electron chi connectivity index (χ0n) is 11.8. The minimum atomic E-state index is -1.24. The van der Waals surface area contributed by atoms with E-state index in [4.69, 9.17) is 9.84 Å². The van der Waals surface area contributed by atoms with E-state index in [9.17, 15) is 9.18 Å². The number of halogens is 1. The zero-order valence-corrected chi connectivity index (χ0v) is 11.8. The second kappa shape index (κ2) is 6.33. The van der Waals surface area contributed by atoms with E-state index in [2.05, 4.69) is 11.8 Å². The fraction of sp³-hybridized carbons (Fsp3) is 0.533. The average Bonchev–Trinajstić information content (AvgIpc) is 2.38. The Kier molecular flexibility index (Phi) is 4.73. The molecule has 0 aromatic heterocycles. The third kappa shape index (κ3) is 3.35. The van der Waals surface area contributed by atoms with Crippen molar-refractivity contribution in [1.82, 2.24) is 4.90 Å². The summed E-state index contributed by atoms with van der Waals surface area (Å²) < 4.78 is 19.3. The first-order valence-corrected chi connectivity index (χ1v) is 6.88. The second-order valence-electron chi connectivity index (χ2n) is 5.25. The Balaban J connectivity index is 2.12. The predicted octanol–water partition coefficient (Wildman–Crippen LogP) is 2.52. The van der Waals surface area contributed by atoms with Crippen LogP contribution in [-0.2, 0) is 11.3 Å². The van der Waals surface area contributed by atoms with Gasteiger partial charge in [-0.2, -0.15) is 0 Å². The minimum absolute atomic E-state index is 0.168. The molecule has 20 heavy (non-hydrogen) atoms. The molecule has 1 aromatic rings. The monoisotopic (exact) mass is 281 g/mol. The molecule has 110 valence electrons. The first-order valence-electron chi connectivity index (χ1n) is 6.88. The summed E-state index contributed by atoms with van der Waals surface area (Å²) in [7, 11) is 0. The third-order valence-electron chi connectivity index (χ3n) is 3.70. The molecular formula is C15H20FNO3. The van der Waals surface area contributed by atoms with Crippen LogP contribution in [0.2, 0.25) is 0 Å². The minimum Gasteiger partial charge on any atom is -0.478 e. The summed E-state index contributed by atoms with van der Waals surface area (Å²) in [6.45, 7) is 6.23. The van der Waals surface area contributed by atoms with Crippen molar-refractivity contribution in [1.29, 1.82) is 0 Å². The number of aromatic carboxylic acids is 1. The van der Waals surface area contributed by atoms with Crippen LogP contribution in [-0.4, -0.2) is 41.3 Å². The van der Waals surface area contributed by atoms with Crippen LogP contribution in [0.15, 0.2) is 18.2 Å². The van der Waals surface area contributed by atoms with Crippen LogP contribution < -0.4 is 0 Å². The van der Waals surface area contributed by atoms with Gasteiger partial charge in [-0.25, -0.2) is 9.18 Å². The summed E-state index contributed by atoms with van der Waals surface area (Å²) in [4.78, 5) is 13.1. The summed E-state index contributed by atoms with van der Waals surface area (Å²) in [6, 6.07) is 4.65. The maximum absolute atomic E-state index is 13.7. The molecule has 0 saturated carbocycles. The lowest BCUT2D eigenvalue weighted by Gasteiger charge is -2.38. The molecule has 2 rings (SSSR count). The summed E-state index contributed by atoms with van der Waals surface area (Å²) in [5, 5.41) is 8.83. The summed E-state index contributed by atoms with van der Waals surface area (Å²) in [6.07, 6.45) is 1.14. The Morgan fingerprint density at radius 2 is 2.30 bits per heavy atom. The van der Waals surface area contributed by atoms with Gasteiger partial charge in [0.25, 0.3) is 0 Å². The van der Waals surface area contributed by atoms with E-state index in [1.807, 2.05) is 6.92 Å². The quantitative estimate of drug-likeness (QED) is 0.921. The number of carboxylic acid groups (broad SMARTS) is 1. The highest BCUT2D eigenvalue weighted by Gasteiger charge is 2.25. The Hall–Kier alpha value is -1.46. The van der Waals surface area contributed by atoms with Gasteiger partial charge in [-0.1, -0.05) is 13.0 Å². The van der Waals surface area contributed by atoms with Crippen LogP contribution >= 0.6 is 0 Å². The molecule has 0 bridgehead atoms. The van der Waals surface area contributed by atoms with E-state index in [-0.39, 0.29) is 11.7 Å². The van der Waals surface area contributed by atoms with Gasteiger partial charge in [0.1, 0.15) is 5.82 Å². The van der Waals surface area contributed by atoms with Crippen LogP contribution in [0.25, 0.3) is 0 Å². The van der Waals surface area contributed by atoms with Crippen LogP contribution in [0.1, 0.15) is 36.2 Å². The molecule has 1 fully saturated rings. The predicted molar refractivity (Wildman–Crippen MR) is 73.3 cm³/mol. The molecule has 1 aliphatic heterocycles. The highest BCUT2D eigenvalue weighted by atomic mass is 19.1. The Labute approximate surface area is 118 Å². The maximum Gasteiger partial charge on any atom is 0.338 e. The first-order chi connectivity index (χ1) is 9.51. The van der Waals surface area contributed by atoms with E-state index < -0.39 is 11.8 Å². The highest BCUT2D eigenvalue weighted by Crippen LogP contribution is 2.19. The number of ether oxygens (including phenoxy) is 1. The highest BCUT2D eigenvalue weighted by molar-refractivity contribution is 5.87. The Morgan fingerprint density at radius 1 is 1.55 bits per heavy atom. The molecule has 0 radical (unpaired) electrons. The van der Waals surface area contributed by atoms with Crippen molar-refractivity contribution in [2.75, 3.05) is 13.2 Å². The number of carboxylic acids is 1. The fourth-order valence-corrected chi connectivity index (χ4v) is 2.55. The van der Waals surface area contributed by atoms with E-state index in [0.717, 1.165) is 18.5 Å². The smallest absolute Gasteiger partial charge is 0.338 e. The van der Waals surface area contributed by atoms with Crippen LogP contribution in [0.3, 0.4) is 0 Å². The fourth-order valence-electron chi connectivity index (χ4n) is 2.55. The van der Waals surface area contributed by atoms with Gasteiger partial charge in [0.15, 0.2) is 0 Å². The molecule has 4 nitrogen and oxygen atoms in total. The van der Waals surface area contributed by atoms with Crippen molar-refractivity contribution in [3.8, 4) is 0 Å². The molecule has 1 saturated heterocycles. The summed E-state index contributed by atoms with van der Waals surface area (Å²) >= 11 is 0. The lowest BCUT2D eigenvalue weighted by molar-refractivity contribution is -0.0592. The van der Waals surface area contributed by atoms with Gasteiger partial charge in [-0.15, -0.1) is 0 Å². The largest absolute Gasteiger partial charge is 0.478 e. The maximum atomic E-state index is 13.7. The van der Waals surface area contributed by atoms with Gasteiger partial charge < -0.3 is 9.84 Å². The van der Waals surface area contributed by atoms with Crippen molar-refractivity contribution >= 4 is 5.97 Å². The van der Waals surface area contributed by atoms with E-state index >= 15 is 0 Å². The van der Waals surface area contributed by atoms with Crippen LogP contribution in [0.5, 0.6) is 0 Å². The topological polar surface area (TPSA) is 49.8 Å². The number of carbonyl (C=O) groups is 1. The van der Waals surface area contributed by atoms with Crippen molar-refractivity contribution in [2.24, 2.45) is 0 Å². The second-order valence-corrected chi connectivity index (χ2v) is 5.25. The molecular weight excluding hydrogens is 261 g/mol. The van der Waals surface area contributed by atoms with Crippen molar-refractivity contribution < 1.29 is 19.0 Å². The van der Waals surface area contributed by atoms with Gasteiger partial charge in [-0.3, -0.25) is 4.90 Å². The lowest BCUT2D eigenvalue weighted by atomic mass is 10.1. The molecule has 2 unspecified atom stereocenters. The van der Waals surface area contributed by atoms with Crippen molar-refractivity contribution in [3.05, 3.63) is 35.1 Å². The Morgan fingerprint density at radius 3 is 2.90 bits per heavy atom. The van der Waals surface area contributed by atoms with Crippen molar-refractivity contribution in [3.63, 3.8) is 0 Å². The van der Waals surface area contributed by atoms with Gasteiger partial charge in [0.05, 0.1) is 18.3 Å². The molecule has 1 aromatic carbocycles. The molecule has 5 heteroatoms. The first kappa shape index (κ1) is 14.9. The molecule has 1 aliphatic rings. The number of rotatable bonds is 4. The Bertz CT molecular complexity index is 492. The number of morpholine rings is 1. The lowest BCUT2D eigenvalue weighted by Crippen LogP contribution is -2.47. The SMILES string of the molecule is CCC1COC(C)CN1Cc1ccc(C(=O)O)c(F)c1. The summed E-state index contributed by atoms with van der Waals surface area (Å²) in [5.41, 5.74) is 0.510.